The average molecular weight is 540 g/mol. The monoisotopic (exact) mass is 540 g/mol. The first-order chi connectivity index (χ1) is 11.0. The van der Waals surface area contributed by atoms with Crippen molar-refractivity contribution in [2.75, 3.05) is 0 Å². The minimum atomic E-state index is -1.26. The summed E-state index contributed by atoms with van der Waals surface area (Å²) in [6.45, 7) is 0. The number of carbonyl (C=O) groups excluding carboxylic acids is 1. The van der Waals surface area contributed by atoms with Crippen LogP contribution in [0, 0.1) is 17.8 Å². The zero-order valence-electron chi connectivity index (χ0n) is 13.2. The summed E-state index contributed by atoms with van der Waals surface area (Å²) in [4.78, 5) is 13.0. The van der Waals surface area contributed by atoms with Crippen LogP contribution in [0.5, 0.6) is 0 Å². The van der Waals surface area contributed by atoms with E-state index in [1.54, 1.807) is 0 Å². The maximum absolute atomic E-state index is 13.0. The standard InChI is InChI=1S/C16H23BI2N2O2/c17-15(18,16-19(20-16)21-16)13(22)23-14(6-2-1-3-7-14)12-9-10-4-5-11(12)8-10/h10-12,20-21H,1-9H2. The first kappa shape index (κ1) is 16.1. The van der Waals surface area contributed by atoms with Crippen molar-refractivity contribution in [3.63, 3.8) is 0 Å². The summed E-state index contributed by atoms with van der Waals surface area (Å²) in [6, 6.07) is 0. The predicted octanol–water partition coefficient (Wildman–Crippen LogP) is 3.17. The van der Waals surface area contributed by atoms with E-state index in [9.17, 15) is 4.79 Å². The second kappa shape index (κ2) is 5.22. The van der Waals surface area contributed by atoms with Gasteiger partial charge in [0.15, 0.2) is 0 Å². The summed E-state index contributed by atoms with van der Waals surface area (Å²) in [5, 5.41) is 0. The predicted molar refractivity (Wildman–Crippen MR) is 106 cm³/mol. The molecule has 3 saturated carbocycles. The van der Waals surface area contributed by atoms with Crippen molar-refractivity contribution in [3.8, 4) is 0 Å². The number of hydrogen-bond acceptors (Lipinski definition) is 4. The molecule has 0 spiro atoms. The number of hydrogen-bond donors (Lipinski definition) is 2. The third-order valence-corrected chi connectivity index (χ3v) is 13.8. The number of fused-ring (bicyclic) bond motifs is 3. The first-order valence-corrected chi connectivity index (χ1v) is 13.3. The number of esters is 1. The molecule has 5 aliphatic rings. The number of alkyl halides is 2. The third-order valence-electron chi connectivity index (χ3n) is 6.87. The number of ether oxygens (including phenoxy) is 1. The van der Waals surface area contributed by atoms with E-state index in [0.717, 1.165) is 24.7 Å². The Morgan fingerprint density at radius 3 is 2.43 bits per heavy atom. The molecule has 2 N–H and O–H groups in total. The molecule has 4 atom stereocenters. The number of nitrogens with one attached hydrogen (secondary N) is 2. The molecule has 7 heteroatoms. The zero-order valence-corrected chi connectivity index (χ0v) is 17.6. The molecular formula is C16H23BI2N2O2. The number of halogens is 2. The Kier molecular flexibility index (Phi) is 3.66. The van der Waals surface area contributed by atoms with Crippen LogP contribution in [0.3, 0.4) is 0 Å². The first-order valence-electron chi connectivity index (χ1n) is 8.94. The fourth-order valence-corrected chi connectivity index (χ4v) is 12.8. The van der Waals surface area contributed by atoms with Gasteiger partial charge in [-0.15, -0.1) is 0 Å². The van der Waals surface area contributed by atoms with Crippen LogP contribution in [-0.4, -0.2) is 26.4 Å². The molecule has 3 aliphatic carbocycles. The van der Waals surface area contributed by atoms with Crippen molar-refractivity contribution >= 4 is 56.8 Å². The van der Waals surface area contributed by atoms with Crippen molar-refractivity contribution in [1.82, 2.24) is 7.06 Å². The maximum atomic E-state index is 13.0. The molecule has 0 aromatic carbocycles. The van der Waals surface area contributed by atoms with Crippen LogP contribution in [0.1, 0.15) is 57.8 Å². The van der Waals surface area contributed by atoms with Gasteiger partial charge >= 0.3 is 161 Å². The fourth-order valence-electron chi connectivity index (χ4n) is 5.49. The van der Waals surface area contributed by atoms with E-state index in [2.05, 4.69) is 29.7 Å². The van der Waals surface area contributed by atoms with Crippen molar-refractivity contribution < 1.29 is 9.53 Å². The molecule has 5 fully saturated rings. The van der Waals surface area contributed by atoms with Gasteiger partial charge in [0.05, 0.1) is 0 Å². The molecule has 5 rings (SSSR count). The van der Waals surface area contributed by atoms with Crippen LogP contribution >= 0.6 is 43.0 Å². The Labute approximate surface area is 160 Å². The molecule has 126 valence electrons. The number of rotatable bonds is 4. The zero-order chi connectivity index (χ0) is 15.9. The third kappa shape index (κ3) is 2.31. The van der Waals surface area contributed by atoms with Crippen LogP contribution in [0.15, 0.2) is 0 Å². The van der Waals surface area contributed by atoms with Gasteiger partial charge in [0.25, 0.3) is 0 Å². The molecule has 2 heterocycles. The summed E-state index contributed by atoms with van der Waals surface area (Å²) in [5.41, 5.74) is -0.218. The Balaban J connectivity index is 1.39. The van der Waals surface area contributed by atoms with Gasteiger partial charge in [0.1, 0.15) is 0 Å². The summed E-state index contributed by atoms with van der Waals surface area (Å²) in [6.07, 6.45) is 11.1. The van der Waals surface area contributed by atoms with Gasteiger partial charge in [-0.2, -0.15) is 0 Å². The molecule has 0 amide bonds. The molecule has 2 saturated heterocycles. The molecule has 4 unspecified atom stereocenters. The Morgan fingerprint density at radius 1 is 1.22 bits per heavy atom. The molecular weight excluding hydrogens is 517 g/mol. The van der Waals surface area contributed by atoms with Crippen molar-refractivity contribution in [3.05, 3.63) is 0 Å². The molecule has 4 nitrogen and oxygen atoms in total. The van der Waals surface area contributed by atoms with Gasteiger partial charge in [-0.1, -0.05) is 0 Å². The summed E-state index contributed by atoms with van der Waals surface area (Å²) in [5.74, 6) is 2.08. The van der Waals surface area contributed by atoms with Crippen LogP contribution < -0.4 is 7.06 Å². The molecule has 2 aliphatic heterocycles. The van der Waals surface area contributed by atoms with Gasteiger partial charge in [0, 0.05) is 0 Å². The molecule has 2 radical (unpaired) electrons. The van der Waals surface area contributed by atoms with Gasteiger partial charge in [-0.25, -0.2) is 0 Å². The Bertz CT molecular complexity index is 546. The summed E-state index contributed by atoms with van der Waals surface area (Å²) >= 11 is 0.863. The summed E-state index contributed by atoms with van der Waals surface area (Å²) in [7, 11) is 6.42. The Hall–Kier alpha value is 0.915. The molecule has 0 aromatic rings. The summed E-state index contributed by atoms with van der Waals surface area (Å²) < 4.78 is 12.0. The molecule has 0 aromatic heterocycles. The van der Waals surface area contributed by atoms with Crippen LogP contribution in [-0.2, 0) is 9.53 Å². The SMILES string of the molecule is [B]C(I)(C(=O)OC1(C2CC3CCC2C3)CCCCC1)C12NI1N2. The van der Waals surface area contributed by atoms with Crippen molar-refractivity contribution in [2.45, 2.75) is 70.4 Å². The Morgan fingerprint density at radius 2 is 1.91 bits per heavy atom. The van der Waals surface area contributed by atoms with E-state index in [1.807, 2.05) is 0 Å². The van der Waals surface area contributed by atoms with E-state index >= 15 is 0 Å². The minimum absolute atomic E-state index is 0.180. The van der Waals surface area contributed by atoms with Crippen molar-refractivity contribution in [2.24, 2.45) is 17.8 Å². The van der Waals surface area contributed by atoms with E-state index in [0.29, 0.717) is 5.92 Å². The second-order valence-corrected chi connectivity index (χ2v) is 14.2. The van der Waals surface area contributed by atoms with E-state index in [1.165, 1.54) is 44.9 Å². The topological polar surface area (TPSA) is 70.2 Å². The van der Waals surface area contributed by atoms with Gasteiger partial charge < -0.3 is 0 Å². The van der Waals surface area contributed by atoms with Crippen molar-refractivity contribution in [1.29, 1.82) is 0 Å². The second-order valence-electron chi connectivity index (χ2n) is 8.14. The number of carbonyl (C=O) groups is 1. The normalized spacial score (nSPS) is 42.7. The molecule has 23 heavy (non-hydrogen) atoms. The van der Waals surface area contributed by atoms with E-state index < -0.39 is 23.7 Å². The van der Waals surface area contributed by atoms with E-state index in [-0.39, 0.29) is 15.2 Å². The van der Waals surface area contributed by atoms with E-state index in [4.69, 9.17) is 12.6 Å². The fraction of sp³-hybridized carbons (Fsp3) is 0.938. The van der Waals surface area contributed by atoms with Crippen LogP contribution in [0.25, 0.3) is 0 Å². The van der Waals surface area contributed by atoms with Crippen LogP contribution in [0.4, 0.5) is 0 Å². The van der Waals surface area contributed by atoms with Gasteiger partial charge in [0.2, 0.25) is 0 Å². The molecule has 2 bridgehead atoms. The van der Waals surface area contributed by atoms with Gasteiger partial charge in [-0.05, 0) is 0 Å². The van der Waals surface area contributed by atoms with Crippen LogP contribution in [0.2, 0.25) is 0 Å². The quantitative estimate of drug-likeness (QED) is 0.110. The van der Waals surface area contributed by atoms with Gasteiger partial charge in [-0.3, -0.25) is 0 Å². The average Bonchev–Trinajstić information content (AvgIpc) is 3.30.